The molecular formula is C9H18NOS. The number of aliphatic hydroxyl groups is 1. The Morgan fingerprint density at radius 1 is 1.33 bits per heavy atom. The van der Waals surface area contributed by atoms with Gasteiger partial charge >= 0.3 is 0 Å². The van der Waals surface area contributed by atoms with Crippen LogP contribution in [0.3, 0.4) is 0 Å². The van der Waals surface area contributed by atoms with E-state index in [1.165, 1.54) is 24.3 Å². The number of aliphatic hydroxyl groups excluding tert-OH is 1. The van der Waals surface area contributed by atoms with Crippen LogP contribution in [-0.2, 0) is 0 Å². The lowest BCUT2D eigenvalue weighted by Gasteiger charge is -2.20. The molecule has 1 atom stereocenters. The third-order valence-electron chi connectivity index (χ3n) is 2.13. The zero-order valence-electron chi connectivity index (χ0n) is 7.54. The summed E-state index contributed by atoms with van der Waals surface area (Å²) in [4.78, 5) is 0. The van der Waals surface area contributed by atoms with Gasteiger partial charge < -0.3 is 5.11 Å². The van der Waals surface area contributed by atoms with Gasteiger partial charge in [-0.15, -0.1) is 0 Å². The Balaban J connectivity index is 1.91. The van der Waals surface area contributed by atoms with E-state index in [0.29, 0.717) is 12.6 Å². The SMILES string of the molecule is OCCCCCC1CSCC[N]1. The van der Waals surface area contributed by atoms with Crippen molar-refractivity contribution < 1.29 is 5.11 Å². The summed E-state index contributed by atoms with van der Waals surface area (Å²) in [6.07, 6.45) is 4.58. The second kappa shape index (κ2) is 6.75. The molecule has 71 valence electrons. The van der Waals surface area contributed by atoms with Crippen molar-refractivity contribution in [2.24, 2.45) is 0 Å². The fourth-order valence-corrected chi connectivity index (χ4v) is 2.36. The van der Waals surface area contributed by atoms with Gasteiger partial charge in [0.15, 0.2) is 0 Å². The second-order valence-electron chi connectivity index (χ2n) is 3.21. The monoisotopic (exact) mass is 188 g/mol. The molecule has 3 heteroatoms. The molecule has 1 aliphatic rings. The van der Waals surface area contributed by atoms with Crippen LogP contribution in [0.15, 0.2) is 0 Å². The molecule has 1 radical (unpaired) electrons. The number of hydrogen-bond acceptors (Lipinski definition) is 2. The summed E-state index contributed by atoms with van der Waals surface area (Å²) >= 11 is 2.02. The summed E-state index contributed by atoms with van der Waals surface area (Å²) in [5.41, 5.74) is 0. The Kier molecular flexibility index (Phi) is 5.82. The molecule has 2 nitrogen and oxygen atoms in total. The van der Waals surface area contributed by atoms with Gasteiger partial charge in [-0.1, -0.05) is 12.8 Å². The first-order chi connectivity index (χ1) is 5.93. The van der Waals surface area contributed by atoms with Crippen molar-refractivity contribution in [1.29, 1.82) is 0 Å². The van der Waals surface area contributed by atoms with Gasteiger partial charge in [0.25, 0.3) is 0 Å². The largest absolute Gasteiger partial charge is 0.396 e. The molecule has 0 aromatic carbocycles. The van der Waals surface area contributed by atoms with Crippen LogP contribution in [0.4, 0.5) is 0 Å². The van der Waals surface area contributed by atoms with Crippen LogP contribution < -0.4 is 5.32 Å². The van der Waals surface area contributed by atoms with E-state index in [1.54, 1.807) is 0 Å². The van der Waals surface area contributed by atoms with Gasteiger partial charge in [-0.25, -0.2) is 5.32 Å². The van der Waals surface area contributed by atoms with E-state index in [0.717, 1.165) is 19.4 Å². The van der Waals surface area contributed by atoms with Crippen LogP contribution >= 0.6 is 11.8 Å². The summed E-state index contributed by atoms with van der Waals surface area (Å²) in [6, 6.07) is 0.613. The highest BCUT2D eigenvalue weighted by atomic mass is 32.2. The number of nitrogens with zero attached hydrogens (tertiary/aromatic N) is 1. The van der Waals surface area contributed by atoms with E-state index >= 15 is 0 Å². The Hall–Kier alpha value is 0.270. The van der Waals surface area contributed by atoms with Gasteiger partial charge in [0.05, 0.1) is 0 Å². The van der Waals surface area contributed by atoms with E-state index in [-0.39, 0.29) is 0 Å². The lowest BCUT2D eigenvalue weighted by atomic mass is 10.1. The highest BCUT2D eigenvalue weighted by molar-refractivity contribution is 7.99. The first kappa shape index (κ1) is 10.4. The van der Waals surface area contributed by atoms with E-state index in [4.69, 9.17) is 5.11 Å². The Bertz CT molecular complexity index is 105. The van der Waals surface area contributed by atoms with Gasteiger partial charge in [-0.3, -0.25) is 0 Å². The first-order valence-corrected chi connectivity index (χ1v) is 5.94. The van der Waals surface area contributed by atoms with Gasteiger partial charge in [0.1, 0.15) is 0 Å². The molecule has 1 heterocycles. The van der Waals surface area contributed by atoms with E-state index in [9.17, 15) is 0 Å². The molecule has 1 N–H and O–H groups in total. The fraction of sp³-hybridized carbons (Fsp3) is 1.00. The minimum Gasteiger partial charge on any atom is -0.396 e. The molecule has 1 saturated heterocycles. The van der Waals surface area contributed by atoms with Crippen molar-refractivity contribution in [3.05, 3.63) is 0 Å². The fourth-order valence-electron chi connectivity index (χ4n) is 1.42. The zero-order chi connectivity index (χ0) is 8.65. The average Bonchev–Trinajstić information content (AvgIpc) is 2.14. The smallest absolute Gasteiger partial charge is 0.0431 e. The maximum Gasteiger partial charge on any atom is 0.0431 e. The Morgan fingerprint density at radius 3 is 2.92 bits per heavy atom. The normalized spacial score (nSPS) is 24.2. The third-order valence-corrected chi connectivity index (χ3v) is 3.22. The molecule has 0 bridgehead atoms. The molecule has 0 spiro atoms. The van der Waals surface area contributed by atoms with Crippen LogP contribution in [0.5, 0.6) is 0 Å². The number of thioether (sulfide) groups is 1. The summed E-state index contributed by atoms with van der Waals surface area (Å²) in [7, 11) is 0. The molecule has 1 aliphatic heterocycles. The molecular weight excluding hydrogens is 170 g/mol. The molecule has 1 unspecified atom stereocenters. The molecule has 1 fully saturated rings. The lowest BCUT2D eigenvalue weighted by Crippen LogP contribution is -2.31. The summed E-state index contributed by atoms with van der Waals surface area (Å²) in [5, 5.41) is 13.1. The van der Waals surface area contributed by atoms with Gasteiger partial charge in [0, 0.05) is 30.7 Å². The van der Waals surface area contributed by atoms with Crippen molar-refractivity contribution in [2.45, 2.75) is 31.7 Å². The predicted molar refractivity (Wildman–Crippen MR) is 53.7 cm³/mol. The molecule has 0 amide bonds. The molecule has 0 aromatic rings. The zero-order valence-corrected chi connectivity index (χ0v) is 8.35. The van der Waals surface area contributed by atoms with Gasteiger partial charge in [-0.05, 0) is 12.8 Å². The topological polar surface area (TPSA) is 34.3 Å². The van der Waals surface area contributed by atoms with Gasteiger partial charge in [0.2, 0.25) is 0 Å². The van der Waals surface area contributed by atoms with Crippen LogP contribution in [-0.4, -0.2) is 35.8 Å². The molecule has 12 heavy (non-hydrogen) atoms. The quantitative estimate of drug-likeness (QED) is 0.659. The van der Waals surface area contributed by atoms with Crippen LogP contribution in [0.25, 0.3) is 0 Å². The van der Waals surface area contributed by atoms with E-state index in [1.807, 2.05) is 11.8 Å². The van der Waals surface area contributed by atoms with E-state index in [2.05, 4.69) is 5.32 Å². The molecule has 0 saturated carbocycles. The highest BCUT2D eigenvalue weighted by Crippen LogP contribution is 2.14. The number of hydrogen-bond donors (Lipinski definition) is 1. The molecule has 1 rings (SSSR count). The van der Waals surface area contributed by atoms with Crippen molar-refractivity contribution in [3.8, 4) is 0 Å². The summed E-state index contributed by atoms with van der Waals surface area (Å²) in [6.45, 7) is 1.39. The first-order valence-electron chi connectivity index (χ1n) is 4.78. The summed E-state index contributed by atoms with van der Waals surface area (Å²) in [5.74, 6) is 2.44. The third kappa shape index (κ3) is 4.33. The van der Waals surface area contributed by atoms with Crippen molar-refractivity contribution in [1.82, 2.24) is 5.32 Å². The van der Waals surface area contributed by atoms with Crippen molar-refractivity contribution in [3.63, 3.8) is 0 Å². The maximum absolute atomic E-state index is 8.58. The maximum atomic E-state index is 8.58. The summed E-state index contributed by atoms with van der Waals surface area (Å²) < 4.78 is 0. The molecule has 0 aliphatic carbocycles. The van der Waals surface area contributed by atoms with Crippen LogP contribution in [0.1, 0.15) is 25.7 Å². The lowest BCUT2D eigenvalue weighted by molar-refractivity contribution is 0.281. The number of unbranched alkanes of at least 4 members (excludes halogenated alkanes) is 2. The minimum atomic E-state index is 0.344. The minimum absolute atomic E-state index is 0.344. The number of rotatable bonds is 5. The van der Waals surface area contributed by atoms with Crippen molar-refractivity contribution in [2.75, 3.05) is 24.7 Å². The Labute approximate surface area is 79.1 Å². The van der Waals surface area contributed by atoms with Crippen LogP contribution in [0.2, 0.25) is 0 Å². The van der Waals surface area contributed by atoms with Crippen molar-refractivity contribution >= 4 is 11.8 Å². The average molecular weight is 188 g/mol. The van der Waals surface area contributed by atoms with Crippen LogP contribution in [0, 0.1) is 0 Å². The predicted octanol–water partition coefficient (Wildman–Crippen LogP) is 1.26. The van der Waals surface area contributed by atoms with E-state index < -0.39 is 0 Å². The standard InChI is InChI=1S/C9H18NOS/c11-6-3-1-2-4-9-8-12-7-5-10-9/h9,11H,1-8H2. The Morgan fingerprint density at radius 2 is 2.25 bits per heavy atom. The highest BCUT2D eigenvalue weighted by Gasteiger charge is 2.12. The van der Waals surface area contributed by atoms with Gasteiger partial charge in [-0.2, -0.15) is 11.8 Å². The molecule has 0 aromatic heterocycles. The second-order valence-corrected chi connectivity index (χ2v) is 4.36.